The minimum Gasteiger partial charge on any atom is -0.461 e. The van der Waals surface area contributed by atoms with Gasteiger partial charge in [-0.15, -0.1) is 0 Å². The van der Waals surface area contributed by atoms with Gasteiger partial charge in [0.25, 0.3) is 0 Å². The maximum Gasteiger partial charge on any atom is 0.191 e. The molecule has 0 radical (unpaired) electrons. The Balaban J connectivity index is 1.29. The molecule has 0 aliphatic carbocycles. The van der Waals surface area contributed by atoms with Crippen molar-refractivity contribution in [3.63, 3.8) is 0 Å². The lowest BCUT2D eigenvalue weighted by Gasteiger charge is -2.25. The summed E-state index contributed by atoms with van der Waals surface area (Å²) in [4.78, 5) is 8.92. The van der Waals surface area contributed by atoms with Crippen LogP contribution in [0.1, 0.15) is 30.8 Å². The predicted molar refractivity (Wildman–Crippen MR) is 106 cm³/mol. The molecule has 2 aromatic heterocycles. The van der Waals surface area contributed by atoms with Gasteiger partial charge in [-0.1, -0.05) is 25.1 Å². The van der Waals surface area contributed by atoms with E-state index in [1.807, 2.05) is 22.9 Å². The Morgan fingerprint density at radius 1 is 1.37 bits per heavy atom. The van der Waals surface area contributed by atoms with Gasteiger partial charge in [-0.05, 0) is 18.6 Å². The summed E-state index contributed by atoms with van der Waals surface area (Å²) in [6.45, 7) is 3.68. The van der Waals surface area contributed by atoms with Crippen LogP contribution in [-0.2, 0) is 25.8 Å². The largest absolute Gasteiger partial charge is 0.461 e. The molecule has 1 atom stereocenters. The van der Waals surface area contributed by atoms with Crippen LogP contribution in [0.2, 0.25) is 0 Å². The van der Waals surface area contributed by atoms with Crippen LogP contribution in [0.4, 0.5) is 0 Å². The molecule has 1 unspecified atom stereocenters. The zero-order chi connectivity index (χ0) is 18.6. The number of benzene rings is 1. The summed E-state index contributed by atoms with van der Waals surface area (Å²) < 4.78 is 7.90. The lowest BCUT2D eigenvalue weighted by Crippen LogP contribution is -2.47. The van der Waals surface area contributed by atoms with E-state index in [9.17, 15) is 0 Å². The highest BCUT2D eigenvalue weighted by Gasteiger charge is 2.22. The van der Waals surface area contributed by atoms with Gasteiger partial charge in [0.2, 0.25) is 0 Å². The third-order valence-electron chi connectivity index (χ3n) is 4.92. The molecular formula is C20H26N6O. The van der Waals surface area contributed by atoms with Crippen LogP contribution in [0.5, 0.6) is 0 Å². The van der Waals surface area contributed by atoms with E-state index in [0.29, 0.717) is 6.04 Å². The number of hydrogen-bond acceptors (Lipinski definition) is 4. The van der Waals surface area contributed by atoms with Crippen LogP contribution < -0.4 is 10.6 Å². The Hall–Kier alpha value is -2.83. The van der Waals surface area contributed by atoms with Gasteiger partial charge < -0.3 is 15.1 Å². The number of aliphatic imine (C=N–C) groups is 1. The van der Waals surface area contributed by atoms with Crippen molar-refractivity contribution in [2.45, 2.75) is 45.2 Å². The normalized spacial score (nSPS) is 17.1. The molecular weight excluding hydrogens is 340 g/mol. The van der Waals surface area contributed by atoms with E-state index in [4.69, 9.17) is 4.42 Å². The van der Waals surface area contributed by atoms with Gasteiger partial charge in [0.05, 0.1) is 6.54 Å². The van der Waals surface area contributed by atoms with Crippen LogP contribution in [-0.4, -0.2) is 40.4 Å². The Kier molecular flexibility index (Phi) is 5.09. The topological polar surface area (TPSA) is 80.3 Å². The fraction of sp³-hybridized carbons (Fsp3) is 0.450. The van der Waals surface area contributed by atoms with Crippen molar-refractivity contribution in [3.8, 4) is 0 Å². The molecule has 0 bridgehead atoms. The summed E-state index contributed by atoms with van der Waals surface area (Å²) in [5.74, 6) is 3.82. The van der Waals surface area contributed by atoms with Crippen molar-refractivity contribution in [2.24, 2.45) is 4.99 Å². The van der Waals surface area contributed by atoms with Crippen LogP contribution in [0, 0.1) is 0 Å². The summed E-state index contributed by atoms with van der Waals surface area (Å²) in [5.41, 5.74) is 0.937. The molecule has 27 heavy (non-hydrogen) atoms. The Morgan fingerprint density at radius 2 is 2.26 bits per heavy atom. The summed E-state index contributed by atoms with van der Waals surface area (Å²) in [6.07, 6.45) is 3.67. The molecule has 0 saturated heterocycles. The summed E-state index contributed by atoms with van der Waals surface area (Å²) >= 11 is 0. The van der Waals surface area contributed by atoms with Gasteiger partial charge in [0.1, 0.15) is 17.2 Å². The Labute approximate surface area is 158 Å². The molecule has 3 heterocycles. The van der Waals surface area contributed by atoms with Crippen molar-refractivity contribution < 1.29 is 4.42 Å². The smallest absolute Gasteiger partial charge is 0.191 e. The molecule has 1 aliphatic rings. The first-order chi connectivity index (χ1) is 13.2. The van der Waals surface area contributed by atoms with Crippen LogP contribution in [0.3, 0.4) is 0 Å². The quantitative estimate of drug-likeness (QED) is 0.535. The fourth-order valence-corrected chi connectivity index (χ4v) is 3.48. The number of aryl methyl sites for hydroxylation is 2. The molecule has 1 aliphatic heterocycles. The first kappa shape index (κ1) is 17.6. The van der Waals surface area contributed by atoms with E-state index >= 15 is 0 Å². The lowest BCUT2D eigenvalue weighted by molar-refractivity contribution is 0.392. The number of hydrogen-bond donors (Lipinski definition) is 2. The number of aromatic nitrogens is 3. The summed E-state index contributed by atoms with van der Waals surface area (Å²) in [6, 6.07) is 10.5. The Morgan fingerprint density at radius 3 is 3.07 bits per heavy atom. The van der Waals surface area contributed by atoms with Crippen molar-refractivity contribution in [3.05, 3.63) is 47.7 Å². The van der Waals surface area contributed by atoms with E-state index in [0.717, 1.165) is 73.1 Å². The van der Waals surface area contributed by atoms with E-state index in [1.165, 1.54) is 0 Å². The second kappa shape index (κ2) is 7.82. The minimum atomic E-state index is 0.307. The number of para-hydroxylation sites is 1. The maximum absolute atomic E-state index is 5.87. The molecule has 7 heteroatoms. The third kappa shape index (κ3) is 3.97. The number of rotatable bonds is 5. The van der Waals surface area contributed by atoms with Gasteiger partial charge in [0.15, 0.2) is 11.8 Å². The predicted octanol–water partition coefficient (Wildman–Crippen LogP) is 2.31. The zero-order valence-electron chi connectivity index (χ0n) is 15.9. The summed E-state index contributed by atoms with van der Waals surface area (Å²) in [7, 11) is 1.80. The SMILES string of the molecule is CCc1nc2n(n1)CC(NC(=NC)NCCc1cc3ccccc3o1)CC2. The van der Waals surface area contributed by atoms with Gasteiger partial charge in [-0.2, -0.15) is 5.10 Å². The molecule has 0 saturated carbocycles. The molecule has 0 amide bonds. The van der Waals surface area contributed by atoms with Crippen LogP contribution in [0.15, 0.2) is 39.7 Å². The second-order valence-electron chi connectivity index (χ2n) is 6.86. The van der Waals surface area contributed by atoms with Gasteiger partial charge in [-0.25, -0.2) is 9.67 Å². The Bertz CT molecular complexity index is 908. The molecule has 4 rings (SSSR count). The third-order valence-corrected chi connectivity index (χ3v) is 4.92. The number of nitrogens with zero attached hydrogens (tertiary/aromatic N) is 4. The number of nitrogens with one attached hydrogen (secondary N) is 2. The number of guanidine groups is 1. The molecule has 0 fully saturated rings. The molecule has 7 nitrogen and oxygen atoms in total. The molecule has 0 spiro atoms. The van der Waals surface area contributed by atoms with Crippen molar-refractivity contribution in [1.82, 2.24) is 25.4 Å². The number of furan rings is 1. The van der Waals surface area contributed by atoms with E-state index < -0.39 is 0 Å². The molecule has 1 aromatic carbocycles. The van der Waals surface area contributed by atoms with Crippen molar-refractivity contribution in [1.29, 1.82) is 0 Å². The van der Waals surface area contributed by atoms with E-state index in [1.54, 1.807) is 7.05 Å². The van der Waals surface area contributed by atoms with E-state index in [2.05, 4.69) is 44.8 Å². The second-order valence-corrected chi connectivity index (χ2v) is 6.86. The van der Waals surface area contributed by atoms with Crippen molar-refractivity contribution >= 4 is 16.9 Å². The first-order valence-electron chi connectivity index (χ1n) is 9.62. The standard InChI is InChI=1S/C20H26N6O/c1-3-18-24-19-9-8-15(13-26(19)25-18)23-20(21-2)22-11-10-16-12-14-6-4-5-7-17(14)27-16/h4-7,12,15H,3,8-11,13H2,1-2H3,(H2,21,22,23). The van der Waals surface area contributed by atoms with Gasteiger partial charge >= 0.3 is 0 Å². The highest BCUT2D eigenvalue weighted by Crippen LogP contribution is 2.18. The molecule has 142 valence electrons. The maximum atomic E-state index is 5.87. The van der Waals surface area contributed by atoms with E-state index in [-0.39, 0.29) is 0 Å². The zero-order valence-corrected chi connectivity index (χ0v) is 15.9. The minimum absolute atomic E-state index is 0.307. The highest BCUT2D eigenvalue weighted by molar-refractivity contribution is 5.80. The lowest BCUT2D eigenvalue weighted by atomic mass is 10.1. The fourth-order valence-electron chi connectivity index (χ4n) is 3.48. The first-order valence-corrected chi connectivity index (χ1v) is 9.62. The van der Waals surface area contributed by atoms with Crippen LogP contribution in [0.25, 0.3) is 11.0 Å². The summed E-state index contributed by atoms with van der Waals surface area (Å²) in [5, 5.41) is 12.6. The number of fused-ring (bicyclic) bond motifs is 2. The highest BCUT2D eigenvalue weighted by atomic mass is 16.3. The van der Waals surface area contributed by atoms with Crippen molar-refractivity contribution in [2.75, 3.05) is 13.6 Å². The molecule has 3 aromatic rings. The average Bonchev–Trinajstić information content (AvgIpc) is 3.29. The average molecular weight is 366 g/mol. The van der Waals surface area contributed by atoms with Gasteiger partial charge in [-0.3, -0.25) is 4.99 Å². The van der Waals surface area contributed by atoms with Crippen LogP contribution >= 0.6 is 0 Å². The monoisotopic (exact) mass is 366 g/mol. The molecule has 2 N–H and O–H groups in total. The van der Waals surface area contributed by atoms with Gasteiger partial charge in [0, 0.05) is 44.3 Å².